The largest absolute Gasteiger partial charge is 0.481 e. The van der Waals surface area contributed by atoms with Crippen molar-refractivity contribution < 1.29 is 14.7 Å². The second kappa shape index (κ2) is 7.11. The zero-order valence-corrected chi connectivity index (χ0v) is 13.0. The lowest BCUT2D eigenvalue weighted by Crippen LogP contribution is -2.35. The lowest BCUT2D eigenvalue weighted by Gasteiger charge is -2.13. The molecule has 0 saturated heterocycles. The monoisotopic (exact) mass is 302 g/mol. The third-order valence-corrected chi connectivity index (χ3v) is 3.85. The fourth-order valence-corrected chi connectivity index (χ4v) is 2.66. The van der Waals surface area contributed by atoms with Gasteiger partial charge in [0, 0.05) is 17.8 Å². The van der Waals surface area contributed by atoms with Crippen molar-refractivity contribution in [1.82, 2.24) is 9.88 Å². The summed E-state index contributed by atoms with van der Waals surface area (Å²) < 4.78 is 1.94. The topological polar surface area (TPSA) is 71.3 Å². The lowest BCUT2D eigenvalue weighted by atomic mass is 10.0. The number of rotatable bonds is 7. The Balaban J connectivity index is 2.02. The number of carboxylic acids is 1. The number of carbonyl (C=O) groups is 2. The van der Waals surface area contributed by atoms with Crippen LogP contribution in [0.15, 0.2) is 30.3 Å². The molecule has 0 fully saturated rings. The fourth-order valence-electron chi connectivity index (χ4n) is 2.66. The van der Waals surface area contributed by atoms with Crippen LogP contribution in [-0.4, -0.2) is 28.1 Å². The maximum Gasteiger partial charge on any atom is 0.308 e. The number of carboxylic acid groups (broad SMARTS) is 1. The van der Waals surface area contributed by atoms with Gasteiger partial charge in [0.1, 0.15) is 6.54 Å². The van der Waals surface area contributed by atoms with E-state index >= 15 is 0 Å². The van der Waals surface area contributed by atoms with E-state index in [1.807, 2.05) is 48.7 Å². The van der Waals surface area contributed by atoms with Crippen LogP contribution in [0, 0.1) is 12.8 Å². The Morgan fingerprint density at radius 1 is 1.32 bits per heavy atom. The Bertz CT molecular complexity index is 676. The van der Waals surface area contributed by atoms with Gasteiger partial charge in [0.05, 0.1) is 5.92 Å². The molecule has 5 heteroatoms. The molecule has 22 heavy (non-hydrogen) atoms. The molecule has 0 aliphatic heterocycles. The molecule has 118 valence electrons. The van der Waals surface area contributed by atoms with Crippen LogP contribution in [0.5, 0.6) is 0 Å². The van der Waals surface area contributed by atoms with Crippen molar-refractivity contribution >= 4 is 22.8 Å². The van der Waals surface area contributed by atoms with Crippen LogP contribution in [0.3, 0.4) is 0 Å². The highest BCUT2D eigenvalue weighted by Gasteiger charge is 2.17. The fraction of sp³-hybridized carbons (Fsp3) is 0.412. The summed E-state index contributed by atoms with van der Waals surface area (Å²) in [6.07, 6.45) is 1.36. The number of aliphatic carboxylic acids is 1. The molecule has 0 spiro atoms. The molecule has 1 aromatic carbocycles. The van der Waals surface area contributed by atoms with Crippen molar-refractivity contribution in [2.75, 3.05) is 6.54 Å². The van der Waals surface area contributed by atoms with Gasteiger partial charge in [-0.05, 0) is 30.9 Å². The second-order valence-corrected chi connectivity index (χ2v) is 5.56. The quantitative estimate of drug-likeness (QED) is 0.825. The van der Waals surface area contributed by atoms with Crippen LogP contribution >= 0.6 is 0 Å². The molecule has 1 atom stereocenters. The Hall–Kier alpha value is -2.30. The summed E-state index contributed by atoms with van der Waals surface area (Å²) in [5.41, 5.74) is 2.03. The van der Waals surface area contributed by atoms with Gasteiger partial charge in [-0.2, -0.15) is 0 Å². The normalized spacial score (nSPS) is 12.3. The van der Waals surface area contributed by atoms with Crippen LogP contribution in [0.1, 0.15) is 25.5 Å². The first-order chi connectivity index (χ1) is 10.5. The molecule has 2 N–H and O–H groups in total. The van der Waals surface area contributed by atoms with Crippen LogP contribution in [0.4, 0.5) is 0 Å². The van der Waals surface area contributed by atoms with Gasteiger partial charge in [0.25, 0.3) is 0 Å². The summed E-state index contributed by atoms with van der Waals surface area (Å²) in [6, 6.07) is 9.94. The molecule has 0 saturated carbocycles. The minimum Gasteiger partial charge on any atom is -0.481 e. The van der Waals surface area contributed by atoms with E-state index in [1.54, 1.807) is 0 Å². The van der Waals surface area contributed by atoms with Gasteiger partial charge in [-0.3, -0.25) is 9.59 Å². The van der Waals surface area contributed by atoms with Crippen LogP contribution in [0.2, 0.25) is 0 Å². The first-order valence-corrected chi connectivity index (χ1v) is 7.57. The Morgan fingerprint density at radius 2 is 2.05 bits per heavy atom. The van der Waals surface area contributed by atoms with Crippen LogP contribution in [0.25, 0.3) is 10.9 Å². The van der Waals surface area contributed by atoms with Crippen molar-refractivity contribution in [3.8, 4) is 0 Å². The summed E-state index contributed by atoms with van der Waals surface area (Å²) in [5.74, 6) is -1.53. The third kappa shape index (κ3) is 3.67. The summed E-state index contributed by atoms with van der Waals surface area (Å²) in [4.78, 5) is 23.2. The molecule has 2 aromatic rings. The first kappa shape index (κ1) is 16.1. The Labute approximate surface area is 129 Å². The van der Waals surface area contributed by atoms with Crippen molar-refractivity contribution in [3.05, 3.63) is 36.0 Å². The Morgan fingerprint density at radius 3 is 2.73 bits per heavy atom. The predicted molar refractivity (Wildman–Crippen MR) is 85.7 cm³/mol. The highest BCUT2D eigenvalue weighted by molar-refractivity contribution is 5.84. The van der Waals surface area contributed by atoms with Crippen LogP contribution in [-0.2, 0) is 16.1 Å². The van der Waals surface area contributed by atoms with E-state index in [-0.39, 0.29) is 19.0 Å². The number of benzene rings is 1. The molecule has 1 aromatic heterocycles. The molecular formula is C17H22N2O3. The lowest BCUT2D eigenvalue weighted by molar-refractivity contribution is -0.141. The van der Waals surface area contributed by atoms with E-state index < -0.39 is 11.9 Å². The van der Waals surface area contributed by atoms with E-state index in [2.05, 4.69) is 5.32 Å². The predicted octanol–water partition coefficient (Wildman–Crippen LogP) is 2.57. The van der Waals surface area contributed by atoms with Gasteiger partial charge >= 0.3 is 5.97 Å². The zero-order valence-electron chi connectivity index (χ0n) is 13.0. The SMILES string of the molecule is CCCC(CNC(=O)Cn1c(C)cc2ccccc21)C(=O)O. The summed E-state index contributed by atoms with van der Waals surface area (Å²) >= 11 is 0. The molecule has 1 heterocycles. The van der Waals surface area contributed by atoms with Gasteiger partial charge in [-0.25, -0.2) is 0 Å². The van der Waals surface area contributed by atoms with Gasteiger partial charge in [0.2, 0.25) is 5.91 Å². The van der Waals surface area contributed by atoms with E-state index in [0.717, 1.165) is 23.0 Å². The number of fused-ring (bicyclic) bond motifs is 1. The molecule has 1 unspecified atom stereocenters. The number of hydrogen-bond acceptors (Lipinski definition) is 2. The third-order valence-electron chi connectivity index (χ3n) is 3.85. The maximum absolute atomic E-state index is 12.1. The van der Waals surface area contributed by atoms with Crippen molar-refractivity contribution in [3.63, 3.8) is 0 Å². The number of aromatic nitrogens is 1. The summed E-state index contributed by atoms with van der Waals surface area (Å²) in [5, 5.41) is 12.9. The second-order valence-electron chi connectivity index (χ2n) is 5.56. The molecule has 0 bridgehead atoms. The van der Waals surface area contributed by atoms with Gasteiger partial charge in [0.15, 0.2) is 0 Å². The number of hydrogen-bond donors (Lipinski definition) is 2. The average molecular weight is 302 g/mol. The van der Waals surface area contributed by atoms with Crippen LogP contribution < -0.4 is 5.32 Å². The van der Waals surface area contributed by atoms with E-state index in [0.29, 0.717) is 6.42 Å². The first-order valence-electron chi connectivity index (χ1n) is 7.57. The molecular weight excluding hydrogens is 280 g/mol. The van der Waals surface area contributed by atoms with Crippen molar-refractivity contribution in [2.24, 2.45) is 5.92 Å². The number of carbonyl (C=O) groups excluding carboxylic acids is 1. The molecule has 5 nitrogen and oxygen atoms in total. The number of aryl methyl sites for hydroxylation is 1. The standard InChI is InChI=1S/C17H22N2O3/c1-3-6-14(17(21)22)10-18-16(20)11-19-12(2)9-13-7-4-5-8-15(13)19/h4-5,7-9,14H,3,6,10-11H2,1-2H3,(H,18,20)(H,21,22). The van der Waals surface area contributed by atoms with Gasteiger partial charge in [-0.15, -0.1) is 0 Å². The summed E-state index contributed by atoms with van der Waals surface area (Å²) in [7, 11) is 0. The van der Waals surface area contributed by atoms with Gasteiger partial charge < -0.3 is 15.0 Å². The summed E-state index contributed by atoms with van der Waals surface area (Å²) in [6.45, 7) is 4.29. The maximum atomic E-state index is 12.1. The van der Waals surface area contributed by atoms with E-state index in [9.17, 15) is 9.59 Å². The molecule has 2 rings (SSSR count). The minimum absolute atomic E-state index is 0.160. The molecule has 0 radical (unpaired) electrons. The smallest absolute Gasteiger partial charge is 0.308 e. The van der Waals surface area contributed by atoms with Crippen molar-refractivity contribution in [1.29, 1.82) is 0 Å². The van der Waals surface area contributed by atoms with E-state index in [1.165, 1.54) is 0 Å². The number of para-hydroxylation sites is 1. The van der Waals surface area contributed by atoms with Crippen molar-refractivity contribution in [2.45, 2.75) is 33.2 Å². The Kier molecular flexibility index (Phi) is 5.20. The highest BCUT2D eigenvalue weighted by atomic mass is 16.4. The number of nitrogens with zero attached hydrogens (tertiary/aromatic N) is 1. The van der Waals surface area contributed by atoms with Gasteiger partial charge in [-0.1, -0.05) is 31.5 Å². The number of amides is 1. The minimum atomic E-state index is -0.857. The zero-order chi connectivity index (χ0) is 16.1. The molecule has 0 aliphatic rings. The van der Waals surface area contributed by atoms with E-state index in [4.69, 9.17) is 5.11 Å². The number of nitrogens with one attached hydrogen (secondary N) is 1. The highest BCUT2D eigenvalue weighted by Crippen LogP contribution is 2.18. The average Bonchev–Trinajstić information content (AvgIpc) is 2.79. The molecule has 0 aliphatic carbocycles. The molecule has 1 amide bonds.